The van der Waals surface area contributed by atoms with E-state index >= 15 is 4.79 Å². The fourth-order valence-corrected chi connectivity index (χ4v) is 8.37. The number of anilines is 1. The van der Waals surface area contributed by atoms with Crippen LogP contribution in [0, 0.1) is 13.8 Å². The summed E-state index contributed by atoms with van der Waals surface area (Å²) >= 11 is 0. The highest BCUT2D eigenvalue weighted by atomic mass is 16.2. The molecule has 4 heteroatoms. The lowest BCUT2D eigenvalue weighted by Gasteiger charge is -2.25. The third-order valence-corrected chi connectivity index (χ3v) is 11.2. The van der Waals surface area contributed by atoms with E-state index in [0.717, 1.165) is 89.4 Å². The Morgan fingerprint density at radius 2 is 1.00 bits per heavy atom. The molecule has 9 aromatic rings. The summed E-state index contributed by atoms with van der Waals surface area (Å²) in [5.74, 6) is -0.285. The Bertz CT molecular complexity index is 2880. The molecule has 0 unspecified atom stereocenters. The van der Waals surface area contributed by atoms with Crippen LogP contribution >= 0.6 is 0 Å². The van der Waals surface area contributed by atoms with Crippen LogP contribution in [0.1, 0.15) is 31.8 Å². The Kier molecular flexibility index (Phi) is 9.16. The Morgan fingerprint density at radius 1 is 0.491 bits per heavy atom. The Morgan fingerprint density at radius 3 is 1.56 bits per heavy atom. The highest BCUT2D eigenvalue weighted by Crippen LogP contribution is 2.44. The summed E-state index contributed by atoms with van der Waals surface area (Å²) in [7, 11) is 1.81. The van der Waals surface area contributed by atoms with Gasteiger partial charge in [-0.25, -0.2) is 0 Å². The summed E-state index contributed by atoms with van der Waals surface area (Å²) in [6.45, 7) is 4.26. The molecule has 1 aromatic heterocycles. The number of carbonyl (C=O) groups is 2. The number of hydrogen-bond donors (Lipinski definition) is 0. The second-order valence-electron chi connectivity index (χ2n) is 14.6. The van der Waals surface area contributed by atoms with Gasteiger partial charge in [-0.1, -0.05) is 170 Å². The molecular formula is C53H40N2O2. The number of benzene rings is 8. The van der Waals surface area contributed by atoms with Crippen molar-refractivity contribution < 1.29 is 9.59 Å². The van der Waals surface area contributed by atoms with Gasteiger partial charge in [0.2, 0.25) is 0 Å². The first-order chi connectivity index (χ1) is 27.9. The zero-order chi connectivity index (χ0) is 39.0. The summed E-state index contributed by atoms with van der Waals surface area (Å²) in [5, 5.41) is 2.12. The molecule has 4 nitrogen and oxygen atoms in total. The van der Waals surface area contributed by atoms with Gasteiger partial charge in [-0.2, -0.15) is 0 Å². The van der Waals surface area contributed by atoms with Gasteiger partial charge in [0.05, 0.1) is 28.0 Å². The average molecular weight is 737 g/mol. The first-order valence-electron chi connectivity index (χ1n) is 19.2. The molecule has 0 aliphatic rings. The van der Waals surface area contributed by atoms with E-state index < -0.39 is 0 Å². The van der Waals surface area contributed by atoms with Crippen molar-refractivity contribution in [1.29, 1.82) is 0 Å². The molecule has 0 N–H and O–H groups in total. The van der Waals surface area contributed by atoms with E-state index in [9.17, 15) is 4.79 Å². The van der Waals surface area contributed by atoms with E-state index in [2.05, 4.69) is 146 Å². The molecule has 0 radical (unpaired) electrons. The molecule has 8 aromatic carbocycles. The van der Waals surface area contributed by atoms with Crippen molar-refractivity contribution in [2.24, 2.45) is 0 Å². The number of nitrogens with zero attached hydrogens (tertiary/aromatic N) is 2. The van der Waals surface area contributed by atoms with Crippen LogP contribution in [0.25, 0.3) is 72.0 Å². The van der Waals surface area contributed by atoms with Crippen LogP contribution in [0.15, 0.2) is 182 Å². The molecule has 0 spiro atoms. The lowest BCUT2D eigenvalue weighted by Crippen LogP contribution is -2.29. The van der Waals surface area contributed by atoms with E-state index in [0.29, 0.717) is 16.8 Å². The lowest BCUT2D eigenvalue weighted by molar-refractivity contribution is 0.0986. The first kappa shape index (κ1) is 35.4. The van der Waals surface area contributed by atoms with E-state index in [1.807, 2.05) is 55.6 Å². The van der Waals surface area contributed by atoms with E-state index in [1.165, 1.54) is 0 Å². The minimum Gasteiger partial charge on any atom is -0.311 e. The second-order valence-corrected chi connectivity index (χ2v) is 14.6. The molecule has 1 heterocycles. The van der Waals surface area contributed by atoms with Crippen LogP contribution in [0.3, 0.4) is 0 Å². The molecule has 0 aliphatic carbocycles. The maximum Gasteiger partial charge on any atom is 0.260 e. The maximum absolute atomic E-state index is 15.5. The third-order valence-electron chi connectivity index (χ3n) is 11.2. The van der Waals surface area contributed by atoms with Crippen LogP contribution in [-0.2, 0) is 0 Å². The van der Waals surface area contributed by atoms with Gasteiger partial charge in [0.25, 0.3) is 5.91 Å². The zero-order valence-corrected chi connectivity index (χ0v) is 32.1. The standard InChI is InChI=1S/C53H40N2O2/c1-35-17-10-12-24-41(35)44-26-15-28-46-47-29-16-27-45(42-25-13-11-18-36(42)2)52(47)55(51(44)46)48-30-14-23-40(34-56)50(48)53(57)54(3)49-33-39(37-19-6-4-7-20-37)31-32-43(49)38-21-8-5-9-22-38/h4-34H,1-3H3. The van der Waals surface area contributed by atoms with Crippen molar-refractivity contribution in [3.63, 3.8) is 0 Å². The summed E-state index contributed by atoms with van der Waals surface area (Å²) in [5.41, 5.74) is 14.5. The largest absolute Gasteiger partial charge is 0.311 e. The number of aryl methyl sites for hydroxylation is 2. The predicted octanol–water partition coefficient (Wildman–Crippen LogP) is 13.2. The average Bonchev–Trinajstić information content (AvgIpc) is 3.61. The molecule has 9 rings (SSSR count). The zero-order valence-electron chi connectivity index (χ0n) is 32.1. The highest BCUT2D eigenvalue weighted by Gasteiger charge is 2.28. The van der Waals surface area contributed by atoms with E-state index in [1.54, 1.807) is 11.0 Å². The van der Waals surface area contributed by atoms with Gasteiger partial charge >= 0.3 is 0 Å². The number of carbonyl (C=O) groups excluding carboxylic acids is 2. The van der Waals surface area contributed by atoms with Crippen LogP contribution in [0.5, 0.6) is 0 Å². The molecule has 274 valence electrons. The minimum atomic E-state index is -0.285. The molecule has 0 aliphatic heterocycles. The normalized spacial score (nSPS) is 11.2. The van der Waals surface area contributed by atoms with E-state index in [4.69, 9.17) is 0 Å². The first-order valence-corrected chi connectivity index (χ1v) is 19.2. The van der Waals surface area contributed by atoms with Gasteiger partial charge in [0.15, 0.2) is 6.29 Å². The minimum absolute atomic E-state index is 0.285. The maximum atomic E-state index is 15.5. The third kappa shape index (κ3) is 6.12. The fraction of sp³-hybridized carbons (Fsp3) is 0.0566. The van der Waals surface area contributed by atoms with Gasteiger partial charge < -0.3 is 9.47 Å². The summed E-state index contributed by atoms with van der Waals surface area (Å²) < 4.78 is 2.24. The molecular weight excluding hydrogens is 697 g/mol. The lowest BCUT2D eigenvalue weighted by atomic mass is 9.96. The van der Waals surface area contributed by atoms with Gasteiger partial charge in [0.1, 0.15) is 0 Å². The van der Waals surface area contributed by atoms with Gasteiger partial charge in [-0.3, -0.25) is 9.59 Å². The topological polar surface area (TPSA) is 42.3 Å². The van der Waals surface area contributed by atoms with Crippen molar-refractivity contribution in [2.45, 2.75) is 13.8 Å². The predicted molar refractivity (Wildman–Crippen MR) is 237 cm³/mol. The second kappa shape index (κ2) is 14.7. The van der Waals surface area contributed by atoms with Gasteiger partial charge in [-0.05, 0) is 64.9 Å². The Balaban J connectivity index is 1.35. The van der Waals surface area contributed by atoms with Crippen molar-refractivity contribution in [3.05, 3.63) is 204 Å². The van der Waals surface area contributed by atoms with Gasteiger partial charge in [-0.15, -0.1) is 0 Å². The Labute approximate surface area is 332 Å². The number of fused-ring (bicyclic) bond motifs is 3. The molecule has 0 saturated carbocycles. The van der Waals surface area contributed by atoms with Crippen molar-refractivity contribution in [2.75, 3.05) is 11.9 Å². The fourth-order valence-electron chi connectivity index (χ4n) is 8.37. The van der Waals surface area contributed by atoms with Crippen LogP contribution < -0.4 is 4.90 Å². The van der Waals surface area contributed by atoms with Crippen LogP contribution in [-0.4, -0.2) is 23.8 Å². The summed E-state index contributed by atoms with van der Waals surface area (Å²) in [6.07, 6.45) is 0.807. The Hall–Kier alpha value is -7.30. The number of rotatable bonds is 8. The van der Waals surface area contributed by atoms with Crippen LogP contribution in [0.4, 0.5) is 5.69 Å². The molecule has 0 saturated heterocycles. The van der Waals surface area contributed by atoms with Crippen molar-refractivity contribution in [1.82, 2.24) is 4.57 Å². The summed E-state index contributed by atoms with van der Waals surface area (Å²) in [6, 6.07) is 61.8. The number of aromatic nitrogens is 1. The quantitative estimate of drug-likeness (QED) is 0.146. The molecule has 0 fully saturated rings. The molecule has 0 bridgehead atoms. The summed E-state index contributed by atoms with van der Waals surface area (Å²) in [4.78, 5) is 30.4. The number of amides is 1. The number of para-hydroxylation sites is 2. The number of aldehydes is 1. The van der Waals surface area contributed by atoms with Crippen molar-refractivity contribution >= 4 is 39.7 Å². The highest BCUT2D eigenvalue weighted by molar-refractivity contribution is 6.20. The molecule has 0 atom stereocenters. The smallest absolute Gasteiger partial charge is 0.260 e. The van der Waals surface area contributed by atoms with Crippen LogP contribution in [0.2, 0.25) is 0 Å². The van der Waals surface area contributed by atoms with E-state index in [-0.39, 0.29) is 5.91 Å². The number of hydrogen-bond acceptors (Lipinski definition) is 2. The van der Waals surface area contributed by atoms with Gasteiger partial charge in [0, 0.05) is 40.1 Å². The monoisotopic (exact) mass is 736 g/mol. The van der Waals surface area contributed by atoms with Crippen molar-refractivity contribution in [3.8, 4) is 50.2 Å². The SMILES string of the molecule is Cc1ccccc1-c1cccc2c3cccc(-c4ccccc4C)c3n(-c3cccc(C=O)c3C(=O)N(C)c3cc(-c4ccccc4)ccc3-c3ccccc3)c12. The molecule has 1 amide bonds. The molecule has 57 heavy (non-hydrogen) atoms.